The number of anilines is 1. The van der Waals surface area contributed by atoms with Gasteiger partial charge in [-0.05, 0) is 50.6 Å². The number of carbonyl (C=O) groups is 1. The van der Waals surface area contributed by atoms with Crippen LogP contribution in [-0.4, -0.2) is 27.5 Å². The van der Waals surface area contributed by atoms with Gasteiger partial charge in [-0.1, -0.05) is 17.7 Å². The van der Waals surface area contributed by atoms with Crippen LogP contribution >= 0.6 is 11.6 Å². The maximum absolute atomic E-state index is 12.7. The molecule has 0 aliphatic rings. The van der Waals surface area contributed by atoms with Crippen LogP contribution in [0, 0.1) is 6.92 Å². The van der Waals surface area contributed by atoms with Gasteiger partial charge in [-0.3, -0.25) is 9.52 Å². The number of halogens is 1. The van der Waals surface area contributed by atoms with Gasteiger partial charge in [0.15, 0.2) is 0 Å². The van der Waals surface area contributed by atoms with Gasteiger partial charge in [-0.2, -0.15) is 0 Å². The summed E-state index contributed by atoms with van der Waals surface area (Å²) in [6.07, 6.45) is 0. The minimum atomic E-state index is -3.91. The lowest BCUT2D eigenvalue weighted by atomic mass is 10.2. The summed E-state index contributed by atoms with van der Waals surface area (Å²) in [5, 5.41) is 3.20. The zero-order chi connectivity index (χ0) is 19.5. The molecule has 0 aromatic heterocycles. The number of carbonyl (C=O) groups excluding carboxylic acids is 1. The number of ether oxygens (including phenoxy) is 1. The van der Waals surface area contributed by atoms with Crippen molar-refractivity contribution >= 4 is 33.2 Å². The second-order valence-corrected chi connectivity index (χ2v) is 8.15. The number of hydrogen-bond acceptors (Lipinski definition) is 4. The highest BCUT2D eigenvalue weighted by molar-refractivity contribution is 7.92. The molecule has 2 aromatic carbocycles. The van der Waals surface area contributed by atoms with Crippen LogP contribution in [-0.2, 0) is 10.0 Å². The monoisotopic (exact) mass is 396 g/mol. The molecule has 0 saturated carbocycles. The van der Waals surface area contributed by atoms with Crippen molar-refractivity contribution in [3.63, 3.8) is 0 Å². The van der Waals surface area contributed by atoms with E-state index >= 15 is 0 Å². The molecule has 2 N–H and O–H groups in total. The molecule has 0 bridgehead atoms. The van der Waals surface area contributed by atoms with Crippen LogP contribution in [0.5, 0.6) is 5.75 Å². The van der Waals surface area contributed by atoms with Crippen LogP contribution in [0.1, 0.15) is 29.8 Å². The molecule has 26 heavy (non-hydrogen) atoms. The van der Waals surface area contributed by atoms with Gasteiger partial charge in [-0.25, -0.2) is 8.42 Å². The van der Waals surface area contributed by atoms with Gasteiger partial charge in [0.1, 0.15) is 5.75 Å². The predicted molar refractivity (Wildman–Crippen MR) is 103 cm³/mol. The van der Waals surface area contributed by atoms with Crippen molar-refractivity contribution in [2.24, 2.45) is 0 Å². The zero-order valence-corrected chi connectivity index (χ0v) is 16.5. The number of methoxy groups -OCH3 is 1. The van der Waals surface area contributed by atoms with Crippen LogP contribution in [0.3, 0.4) is 0 Å². The number of nitrogens with one attached hydrogen (secondary N) is 2. The number of amides is 1. The highest BCUT2D eigenvalue weighted by Crippen LogP contribution is 2.32. The van der Waals surface area contributed by atoms with E-state index in [2.05, 4.69) is 10.0 Å². The Morgan fingerprint density at radius 2 is 1.88 bits per heavy atom. The molecule has 0 unspecified atom stereocenters. The molecule has 0 aliphatic carbocycles. The van der Waals surface area contributed by atoms with Gasteiger partial charge in [0.05, 0.1) is 17.7 Å². The van der Waals surface area contributed by atoms with Crippen molar-refractivity contribution < 1.29 is 17.9 Å². The molecule has 8 heteroatoms. The Labute approximate surface area is 158 Å². The summed E-state index contributed by atoms with van der Waals surface area (Å²) in [6.45, 7) is 5.42. The topological polar surface area (TPSA) is 84.5 Å². The predicted octanol–water partition coefficient (Wildman–Crippen LogP) is 3.60. The van der Waals surface area contributed by atoms with Crippen molar-refractivity contribution in [1.82, 2.24) is 5.32 Å². The first-order chi connectivity index (χ1) is 12.1. The smallest absolute Gasteiger partial charge is 0.262 e. The third-order valence-corrected chi connectivity index (χ3v) is 5.32. The number of aryl methyl sites for hydroxylation is 1. The average Bonchev–Trinajstić information content (AvgIpc) is 2.57. The maximum Gasteiger partial charge on any atom is 0.262 e. The van der Waals surface area contributed by atoms with E-state index in [1.54, 1.807) is 25.1 Å². The first-order valence-electron chi connectivity index (χ1n) is 7.92. The highest BCUT2D eigenvalue weighted by Gasteiger charge is 2.19. The standard InChI is InChI=1S/C18H21ClN2O4S/c1-11(2)20-18(22)13-6-5-7-14(9-13)26(23,24)21-16-8-12(3)15(19)10-17(16)25-4/h5-11,21H,1-4H3,(H,20,22). The van der Waals surface area contributed by atoms with Gasteiger partial charge in [0, 0.05) is 22.7 Å². The summed E-state index contributed by atoms with van der Waals surface area (Å²) in [6, 6.07) is 8.91. The lowest BCUT2D eigenvalue weighted by Crippen LogP contribution is -2.30. The van der Waals surface area contributed by atoms with Crippen molar-refractivity contribution in [3.05, 3.63) is 52.5 Å². The molecule has 0 heterocycles. The molecule has 0 radical (unpaired) electrons. The summed E-state index contributed by atoms with van der Waals surface area (Å²) in [5.41, 5.74) is 1.24. The molecule has 0 saturated heterocycles. The summed E-state index contributed by atoms with van der Waals surface area (Å²) in [7, 11) is -2.49. The molecule has 0 aliphatic heterocycles. The Morgan fingerprint density at radius 3 is 2.50 bits per heavy atom. The van der Waals surface area contributed by atoms with E-state index in [-0.39, 0.29) is 28.1 Å². The van der Waals surface area contributed by atoms with Crippen LogP contribution in [0.4, 0.5) is 5.69 Å². The molecule has 0 spiro atoms. The molecule has 0 fully saturated rings. The molecule has 1 amide bonds. The maximum atomic E-state index is 12.7. The minimum absolute atomic E-state index is 0.0245. The fourth-order valence-corrected chi connectivity index (χ4v) is 3.53. The van der Waals surface area contributed by atoms with Crippen LogP contribution < -0.4 is 14.8 Å². The third-order valence-electron chi connectivity index (χ3n) is 3.55. The minimum Gasteiger partial charge on any atom is -0.495 e. The Morgan fingerprint density at radius 1 is 1.19 bits per heavy atom. The number of sulfonamides is 1. The van der Waals surface area contributed by atoms with E-state index < -0.39 is 10.0 Å². The van der Waals surface area contributed by atoms with E-state index in [1.807, 2.05) is 13.8 Å². The van der Waals surface area contributed by atoms with Crippen LogP contribution in [0.15, 0.2) is 41.3 Å². The number of hydrogen-bond donors (Lipinski definition) is 2. The van der Waals surface area contributed by atoms with Crippen molar-refractivity contribution in [1.29, 1.82) is 0 Å². The molecule has 2 rings (SSSR count). The van der Waals surface area contributed by atoms with E-state index in [4.69, 9.17) is 16.3 Å². The Balaban J connectivity index is 2.37. The average molecular weight is 397 g/mol. The molecular weight excluding hydrogens is 376 g/mol. The van der Waals surface area contributed by atoms with Gasteiger partial charge in [-0.15, -0.1) is 0 Å². The first-order valence-corrected chi connectivity index (χ1v) is 9.78. The molecule has 140 valence electrons. The lowest BCUT2D eigenvalue weighted by Gasteiger charge is -2.14. The first kappa shape index (κ1) is 20.1. The normalized spacial score (nSPS) is 11.3. The summed E-state index contributed by atoms with van der Waals surface area (Å²) >= 11 is 6.05. The van der Waals surface area contributed by atoms with Gasteiger partial charge in [0.25, 0.3) is 15.9 Å². The Bertz CT molecular complexity index is 927. The molecular formula is C18H21ClN2O4S. The second-order valence-electron chi connectivity index (χ2n) is 6.06. The van der Waals surface area contributed by atoms with E-state index in [0.29, 0.717) is 16.3 Å². The molecule has 2 aromatic rings. The van der Waals surface area contributed by atoms with Crippen molar-refractivity contribution in [2.75, 3.05) is 11.8 Å². The quantitative estimate of drug-likeness (QED) is 0.781. The van der Waals surface area contributed by atoms with E-state index in [1.165, 1.54) is 25.3 Å². The molecule has 0 atom stereocenters. The van der Waals surface area contributed by atoms with Gasteiger partial charge >= 0.3 is 0 Å². The van der Waals surface area contributed by atoms with Gasteiger partial charge < -0.3 is 10.1 Å². The number of rotatable bonds is 6. The summed E-state index contributed by atoms with van der Waals surface area (Å²) in [4.78, 5) is 12.1. The summed E-state index contributed by atoms with van der Waals surface area (Å²) < 4.78 is 33.1. The number of benzene rings is 2. The van der Waals surface area contributed by atoms with Crippen LogP contribution in [0.25, 0.3) is 0 Å². The third kappa shape index (κ3) is 4.68. The fourth-order valence-electron chi connectivity index (χ4n) is 2.27. The SMILES string of the molecule is COc1cc(Cl)c(C)cc1NS(=O)(=O)c1cccc(C(=O)NC(C)C)c1. The Kier molecular flexibility index (Phi) is 6.15. The largest absolute Gasteiger partial charge is 0.495 e. The highest BCUT2D eigenvalue weighted by atomic mass is 35.5. The van der Waals surface area contributed by atoms with Gasteiger partial charge in [0.2, 0.25) is 0 Å². The summed E-state index contributed by atoms with van der Waals surface area (Å²) in [5.74, 6) is -0.0325. The lowest BCUT2D eigenvalue weighted by molar-refractivity contribution is 0.0943. The second kappa shape index (κ2) is 7.97. The van der Waals surface area contributed by atoms with Crippen molar-refractivity contribution in [2.45, 2.75) is 31.7 Å². The zero-order valence-electron chi connectivity index (χ0n) is 15.0. The van der Waals surface area contributed by atoms with E-state index in [9.17, 15) is 13.2 Å². The van der Waals surface area contributed by atoms with Crippen molar-refractivity contribution in [3.8, 4) is 5.75 Å². The van der Waals surface area contributed by atoms with Crippen LogP contribution in [0.2, 0.25) is 5.02 Å². The molecule has 6 nitrogen and oxygen atoms in total. The van der Waals surface area contributed by atoms with E-state index in [0.717, 1.165) is 0 Å². The Hall–Kier alpha value is -2.25. The fraction of sp³-hybridized carbons (Fsp3) is 0.278.